The van der Waals surface area contributed by atoms with Crippen LogP contribution in [0.25, 0.3) is 0 Å². The third kappa shape index (κ3) is 7.52. The molecule has 1 aromatic carbocycles. The molecular weight excluding hydrogens is 260 g/mol. The van der Waals surface area contributed by atoms with Gasteiger partial charge in [-0.2, -0.15) is 0 Å². The summed E-state index contributed by atoms with van der Waals surface area (Å²) >= 11 is 0. The van der Waals surface area contributed by atoms with Crippen LogP contribution >= 0.6 is 0 Å². The van der Waals surface area contributed by atoms with Crippen molar-refractivity contribution in [1.29, 1.82) is 0 Å². The van der Waals surface area contributed by atoms with Crippen LogP contribution in [0.3, 0.4) is 0 Å². The number of ether oxygens (including phenoxy) is 1. The van der Waals surface area contributed by atoms with E-state index >= 15 is 0 Å². The maximum absolute atomic E-state index is 9.58. The molecule has 1 N–H and O–H groups in total. The zero-order valence-electron chi connectivity index (χ0n) is 13.8. The molecule has 0 saturated heterocycles. The molecule has 1 rings (SSSR count). The van der Waals surface area contributed by atoms with Crippen LogP contribution in [0.5, 0.6) is 5.75 Å². The van der Waals surface area contributed by atoms with E-state index in [0.717, 1.165) is 18.6 Å². The van der Waals surface area contributed by atoms with E-state index in [1.165, 1.54) is 50.5 Å². The second-order valence-corrected chi connectivity index (χ2v) is 5.97. The fourth-order valence-corrected chi connectivity index (χ4v) is 2.83. The van der Waals surface area contributed by atoms with E-state index in [1.54, 1.807) is 7.11 Å². The molecule has 120 valence electrons. The maximum Gasteiger partial charge on any atom is 0.122 e. The maximum atomic E-state index is 9.58. The van der Waals surface area contributed by atoms with Crippen molar-refractivity contribution in [3.05, 3.63) is 29.8 Å². The van der Waals surface area contributed by atoms with Gasteiger partial charge in [0.1, 0.15) is 5.75 Å². The molecule has 0 fully saturated rings. The Hall–Kier alpha value is -1.02. The predicted octanol–water partition coefficient (Wildman–Crippen LogP) is 4.99. The van der Waals surface area contributed by atoms with Gasteiger partial charge in [0.2, 0.25) is 0 Å². The molecule has 0 aromatic heterocycles. The molecule has 0 bridgehead atoms. The number of unbranched alkanes of at least 4 members (excludes halogenated alkanes) is 6. The van der Waals surface area contributed by atoms with Crippen LogP contribution in [-0.2, 0) is 6.42 Å². The Kier molecular flexibility index (Phi) is 9.98. The van der Waals surface area contributed by atoms with Gasteiger partial charge in [0, 0.05) is 6.61 Å². The first kappa shape index (κ1) is 18.0. The van der Waals surface area contributed by atoms with Crippen LogP contribution < -0.4 is 4.74 Å². The molecule has 0 spiro atoms. The number of aliphatic hydroxyl groups excluding tert-OH is 1. The van der Waals surface area contributed by atoms with E-state index in [0.29, 0.717) is 5.92 Å². The summed E-state index contributed by atoms with van der Waals surface area (Å²) in [6.45, 7) is 2.53. The number of benzene rings is 1. The third-order valence-corrected chi connectivity index (χ3v) is 4.18. The van der Waals surface area contributed by atoms with Gasteiger partial charge in [0.05, 0.1) is 7.11 Å². The summed E-state index contributed by atoms with van der Waals surface area (Å²) in [5.74, 6) is 1.30. The van der Waals surface area contributed by atoms with E-state index in [-0.39, 0.29) is 6.61 Å². The van der Waals surface area contributed by atoms with Gasteiger partial charge in [-0.1, -0.05) is 70.1 Å². The zero-order chi connectivity index (χ0) is 15.3. The van der Waals surface area contributed by atoms with Crippen molar-refractivity contribution in [1.82, 2.24) is 0 Å². The first-order valence-corrected chi connectivity index (χ1v) is 8.54. The van der Waals surface area contributed by atoms with Crippen LogP contribution in [0, 0.1) is 5.92 Å². The number of para-hydroxylation sites is 1. The predicted molar refractivity (Wildman–Crippen MR) is 89.9 cm³/mol. The van der Waals surface area contributed by atoms with E-state index in [1.807, 2.05) is 18.2 Å². The Morgan fingerprint density at radius 2 is 1.67 bits per heavy atom. The Morgan fingerprint density at radius 3 is 2.33 bits per heavy atom. The summed E-state index contributed by atoms with van der Waals surface area (Å²) in [7, 11) is 1.71. The molecule has 0 aliphatic carbocycles. The minimum atomic E-state index is 0.272. The van der Waals surface area contributed by atoms with Gasteiger partial charge in [0.25, 0.3) is 0 Å². The number of aliphatic hydroxyl groups is 1. The Balaban J connectivity index is 2.25. The minimum Gasteiger partial charge on any atom is -0.496 e. The van der Waals surface area contributed by atoms with Gasteiger partial charge in [-0.25, -0.2) is 0 Å². The molecule has 0 aliphatic heterocycles. The highest BCUT2D eigenvalue weighted by atomic mass is 16.5. The number of hydrogen-bond donors (Lipinski definition) is 1. The van der Waals surface area contributed by atoms with E-state index < -0.39 is 0 Å². The number of rotatable bonds is 12. The molecule has 1 atom stereocenters. The Labute approximate surface area is 130 Å². The lowest BCUT2D eigenvalue weighted by Gasteiger charge is -2.16. The fraction of sp³-hybridized carbons (Fsp3) is 0.684. The zero-order valence-corrected chi connectivity index (χ0v) is 13.8. The van der Waals surface area contributed by atoms with Crippen molar-refractivity contribution in [3.63, 3.8) is 0 Å². The highest BCUT2D eigenvalue weighted by Crippen LogP contribution is 2.23. The van der Waals surface area contributed by atoms with E-state index in [4.69, 9.17) is 4.74 Å². The summed E-state index contributed by atoms with van der Waals surface area (Å²) in [4.78, 5) is 0. The van der Waals surface area contributed by atoms with Gasteiger partial charge in [-0.05, 0) is 30.4 Å². The van der Waals surface area contributed by atoms with Crippen molar-refractivity contribution in [2.45, 2.75) is 64.7 Å². The molecule has 2 nitrogen and oxygen atoms in total. The monoisotopic (exact) mass is 292 g/mol. The van der Waals surface area contributed by atoms with Gasteiger partial charge in [-0.3, -0.25) is 0 Å². The van der Waals surface area contributed by atoms with Crippen molar-refractivity contribution in [2.75, 3.05) is 13.7 Å². The minimum absolute atomic E-state index is 0.272. The van der Waals surface area contributed by atoms with E-state index in [2.05, 4.69) is 13.0 Å². The summed E-state index contributed by atoms with van der Waals surface area (Å²) < 4.78 is 5.39. The molecule has 1 aromatic rings. The van der Waals surface area contributed by atoms with Crippen molar-refractivity contribution in [3.8, 4) is 5.75 Å². The van der Waals surface area contributed by atoms with Gasteiger partial charge < -0.3 is 9.84 Å². The third-order valence-electron chi connectivity index (χ3n) is 4.18. The van der Waals surface area contributed by atoms with Crippen molar-refractivity contribution in [2.24, 2.45) is 5.92 Å². The highest BCUT2D eigenvalue weighted by molar-refractivity contribution is 5.33. The van der Waals surface area contributed by atoms with Crippen LogP contribution in [0.2, 0.25) is 0 Å². The Morgan fingerprint density at radius 1 is 1.00 bits per heavy atom. The van der Waals surface area contributed by atoms with Crippen LogP contribution in [0.1, 0.15) is 63.9 Å². The first-order chi connectivity index (χ1) is 10.3. The van der Waals surface area contributed by atoms with Crippen molar-refractivity contribution >= 4 is 0 Å². The molecule has 0 heterocycles. The summed E-state index contributed by atoms with van der Waals surface area (Å²) in [5.41, 5.74) is 1.21. The summed E-state index contributed by atoms with van der Waals surface area (Å²) in [6.07, 6.45) is 11.3. The van der Waals surface area contributed by atoms with E-state index in [9.17, 15) is 5.11 Å². The second kappa shape index (κ2) is 11.6. The quantitative estimate of drug-likeness (QED) is 0.550. The largest absolute Gasteiger partial charge is 0.496 e. The summed E-state index contributed by atoms with van der Waals surface area (Å²) in [5, 5.41) is 9.58. The number of methoxy groups -OCH3 is 1. The van der Waals surface area contributed by atoms with Gasteiger partial charge in [0.15, 0.2) is 0 Å². The average molecular weight is 292 g/mol. The van der Waals surface area contributed by atoms with Gasteiger partial charge >= 0.3 is 0 Å². The van der Waals surface area contributed by atoms with Crippen LogP contribution in [-0.4, -0.2) is 18.8 Å². The molecule has 21 heavy (non-hydrogen) atoms. The van der Waals surface area contributed by atoms with Crippen LogP contribution in [0.4, 0.5) is 0 Å². The lowest BCUT2D eigenvalue weighted by molar-refractivity contribution is 0.213. The molecule has 0 amide bonds. The molecule has 1 unspecified atom stereocenters. The SMILES string of the molecule is CCCCCCCCCC(CO)Cc1ccccc1OC. The lowest BCUT2D eigenvalue weighted by Crippen LogP contribution is -2.10. The lowest BCUT2D eigenvalue weighted by atomic mass is 9.93. The standard InChI is InChI=1S/C19H32O2/c1-3-4-5-6-7-8-9-12-17(16-20)15-18-13-10-11-14-19(18)21-2/h10-11,13-14,17,20H,3-9,12,15-16H2,1-2H3. The normalized spacial score (nSPS) is 12.3. The average Bonchev–Trinajstić information content (AvgIpc) is 2.53. The molecule has 0 saturated carbocycles. The first-order valence-electron chi connectivity index (χ1n) is 8.54. The second-order valence-electron chi connectivity index (χ2n) is 5.97. The molecule has 0 aliphatic rings. The highest BCUT2D eigenvalue weighted by Gasteiger charge is 2.11. The fourth-order valence-electron chi connectivity index (χ4n) is 2.83. The molecule has 2 heteroatoms. The van der Waals surface area contributed by atoms with Crippen LogP contribution in [0.15, 0.2) is 24.3 Å². The van der Waals surface area contributed by atoms with Crippen molar-refractivity contribution < 1.29 is 9.84 Å². The molecular formula is C19H32O2. The number of hydrogen-bond acceptors (Lipinski definition) is 2. The Bertz CT molecular complexity index is 362. The van der Waals surface area contributed by atoms with Gasteiger partial charge in [-0.15, -0.1) is 0 Å². The summed E-state index contributed by atoms with van der Waals surface area (Å²) in [6, 6.07) is 8.14. The topological polar surface area (TPSA) is 29.5 Å². The smallest absolute Gasteiger partial charge is 0.122 e. The molecule has 0 radical (unpaired) electrons.